The van der Waals surface area contributed by atoms with Crippen molar-refractivity contribution in [2.45, 2.75) is 26.8 Å². The Morgan fingerprint density at radius 2 is 2.24 bits per heavy atom. The van der Waals surface area contributed by atoms with Gasteiger partial charge in [-0.1, -0.05) is 25.4 Å². The Balaban J connectivity index is 2.87. The maximum atomic E-state index is 11.9. The predicted molar refractivity (Wildman–Crippen MR) is 65.7 cm³/mol. The van der Waals surface area contributed by atoms with E-state index in [1.165, 1.54) is 6.20 Å². The average molecular weight is 252 g/mol. The van der Waals surface area contributed by atoms with E-state index in [1.54, 1.807) is 13.0 Å². The molecule has 0 aliphatic rings. The average Bonchev–Trinajstić information content (AvgIpc) is 2.24. The van der Waals surface area contributed by atoms with Crippen molar-refractivity contribution in [1.82, 2.24) is 10.3 Å². The summed E-state index contributed by atoms with van der Waals surface area (Å²) in [5, 5.41) is 11.9. The molecule has 1 aromatic rings. The summed E-state index contributed by atoms with van der Waals surface area (Å²) in [6.07, 6.45) is 1.42. The van der Waals surface area contributed by atoms with E-state index in [4.69, 9.17) is 16.9 Å². The molecule has 4 nitrogen and oxygen atoms in total. The van der Waals surface area contributed by atoms with Crippen molar-refractivity contribution in [1.29, 1.82) is 5.26 Å². The zero-order valence-corrected chi connectivity index (χ0v) is 10.7. The number of amides is 1. The van der Waals surface area contributed by atoms with Crippen LogP contribution in [0.5, 0.6) is 0 Å². The standard InChI is InChI=1S/C12H14ClN3O/c1-7(2)11(5-14)16-12(17)9-6-15-8(3)4-10(9)13/h4,6-7,11H,1-3H3,(H,16,17). The summed E-state index contributed by atoms with van der Waals surface area (Å²) in [7, 11) is 0. The Labute approximate surface area is 106 Å². The smallest absolute Gasteiger partial charge is 0.255 e. The second-order valence-corrected chi connectivity index (χ2v) is 4.54. The van der Waals surface area contributed by atoms with Crippen LogP contribution in [0.3, 0.4) is 0 Å². The van der Waals surface area contributed by atoms with Crippen molar-refractivity contribution < 1.29 is 4.79 Å². The fourth-order valence-electron chi connectivity index (χ4n) is 1.26. The minimum absolute atomic E-state index is 0.0427. The first-order valence-corrected chi connectivity index (χ1v) is 5.66. The van der Waals surface area contributed by atoms with Gasteiger partial charge in [-0.05, 0) is 18.9 Å². The highest BCUT2D eigenvalue weighted by atomic mass is 35.5. The lowest BCUT2D eigenvalue weighted by Crippen LogP contribution is -2.37. The van der Waals surface area contributed by atoms with Crippen molar-refractivity contribution in [2.75, 3.05) is 0 Å². The number of hydrogen-bond donors (Lipinski definition) is 1. The third kappa shape index (κ3) is 3.43. The molecule has 0 aliphatic heterocycles. The van der Waals surface area contributed by atoms with Crippen LogP contribution in [0.15, 0.2) is 12.3 Å². The predicted octanol–water partition coefficient (Wildman–Crippen LogP) is 2.32. The number of halogens is 1. The number of carbonyl (C=O) groups excluding carboxylic acids is 1. The molecule has 90 valence electrons. The lowest BCUT2D eigenvalue weighted by Gasteiger charge is -2.15. The molecule has 1 aromatic heterocycles. The summed E-state index contributed by atoms with van der Waals surface area (Å²) in [4.78, 5) is 15.9. The van der Waals surface area contributed by atoms with Gasteiger partial charge in [0.15, 0.2) is 0 Å². The third-order valence-corrected chi connectivity index (χ3v) is 2.64. The Hall–Kier alpha value is -1.60. The van der Waals surface area contributed by atoms with E-state index < -0.39 is 6.04 Å². The summed E-state index contributed by atoms with van der Waals surface area (Å²) < 4.78 is 0. The van der Waals surface area contributed by atoms with Crippen LogP contribution in [0.4, 0.5) is 0 Å². The minimum atomic E-state index is -0.528. The number of nitriles is 1. The number of nitrogens with one attached hydrogen (secondary N) is 1. The normalized spacial score (nSPS) is 12.0. The molecule has 1 unspecified atom stereocenters. The van der Waals surface area contributed by atoms with Crippen LogP contribution in [0.1, 0.15) is 29.9 Å². The lowest BCUT2D eigenvalue weighted by atomic mass is 10.1. The van der Waals surface area contributed by atoms with Gasteiger partial charge in [-0.25, -0.2) is 0 Å². The largest absolute Gasteiger partial charge is 0.336 e. The van der Waals surface area contributed by atoms with E-state index >= 15 is 0 Å². The van der Waals surface area contributed by atoms with Gasteiger partial charge in [-0.2, -0.15) is 5.26 Å². The fraction of sp³-hybridized carbons (Fsp3) is 0.417. The van der Waals surface area contributed by atoms with E-state index in [9.17, 15) is 4.79 Å². The van der Waals surface area contributed by atoms with Crippen molar-refractivity contribution in [3.05, 3.63) is 28.5 Å². The molecule has 0 saturated heterocycles. The molecule has 0 saturated carbocycles. The van der Waals surface area contributed by atoms with Crippen LogP contribution < -0.4 is 5.32 Å². The summed E-state index contributed by atoms with van der Waals surface area (Å²) in [6.45, 7) is 5.52. The Bertz CT molecular complexity index is 465. The van der Waals surface area contributed by atoms with Crippen LogP contribution in [0.2, 0.25) is 5.02 Å². The van der Waals surface area contributed by atoms with Crippen LogP contribution in [-0.4, -0.2) is 16.9 Å². The molecular formula is C12H14ClN3O. The first-order valence-electron chi connectivity index (χ1n) is 5.28. The van der Waals surface area contributed by atoms with Crippen LogP contribution in [0, 0.1) is 24.2 Å². The van der Waals surface area contributed by atoms with E-state index in [-0.39, 0.29) is 17.4 Å². The van der Waals surface area contributed by atoms with Gasteiger partial charge in [0.1, 0.15) is 6.04 Å². The van der Waals surface area contributed by atoms with E-state index in [1.807, 2.05) is 19.9 Å². The first kappa shape index (κ1) is 13.5. The van der Waals surface area contributed by atoms with Gasteiger partial charge in [0.05, 0.1) is 16.7 Å². The maximum Gasteiger partial charge on any atom is 0.255 e. The monoisotopic (exact) mass is 251 g/mol. The van der Waals surface area contributed by atoms with Gasteiger partial charge in [0.25, 0.3) is 5.91 Å². The summed E-state index contributed by atoms with van der Waals surface area (Å²) in [5.74, 6) is -0.330. The van der Waals surface area contributed by atoms with Crippen molar-refractivity contribution >= 4 is 17.5 Å². The highest BCUT2D eigenvalue weighted by Gasteiger charge is 2.18. The number of aryl methyl sites for hydroxylation is 1. The van der Waals surface area contributed by atoms with Gasteiger partial charge in [0, 0.05) is 11.9 Å². The molecule has 0 spiro atoms. The minimum Gasteiger partial charge on any atom is -0.336 e. The van der Waals surface area contributed by atoms with Crippen LogP contribution in [-0.2, 0) is 0 Å². The van der Waals surface area contributed by atoms with Gasteiger partial charge in [-0.15, -0.1) is 0 Å². The Kier molecular flexibility index (Phi) is 4.47. The van der Waals surface area contributed by atoms with E-state index in [2.05, 4.69) is 10.3 Å². The van der Waals surface area contributed by atoms with E-state index in [0.29, 0.717) is 5.02 Å². The first-order chi connectivity index (χ1) is 7.95. The number of aromatic nitrogens is 1. The molecule has 1 atom stereocenters. The lowest BCUT2D eigenvalue weighted by molar-refractivity contribution is 0.0937. The second kappa shape index (κ2) is 5.65. The van der Waals surface area contributed by atoms with Gasteiger partial charge >= 0.3 is 0 Å². The van der Waals surface area contributed by atoms with Crippen LogP contribution >= 0.6 is 11.6 Å². The van der Waals surface area contributed by atoms with Crippen molar-refractivity contribution in [3.8, 4) is 6.07 Å². The highest BCUT2D eigenvalue weighted by Crippen LogP contribution is 2.16. The molecule has 0 aromatic carbocycles. The second-order valence-electron chi connectivity index (χ2n) is 4.13. The molecule has 5 heteroatoms. The molecule has 1 amide bonds. The number of carbonyl (C=O) groups is 1. The Morgan fingerprint density at radius 3 is 2.71 bits per heavy atom. The van der Waals surface area contributed by atoms with Gasteiger partial charge < -0.3 is 5.32 Å². The van der Waals surface area contributed by atoms with Gasteiger partial charge in [0.2, 0.25) is 0 Å². The Morgan fingerprint density at radius 1 is 1.59 bits per heavy atom. The molecular weight excluding hydrogens is 238 g/mol. The number of hydrogen-bond acceptors (Lipinski definition) is 3. The zero-order chi connectivity index (χ0) is 13.0. The van der Waals surface area contributed by atoms with Gasteiger partial charge in [-0.3, -0.25) is 9.78 Å². The fourth-order valence-corrected chi connectivity index (χ4v) is 1.55. The number of pyridine rings is 1. The molecule has 17 heavy (non-hydrogen) atoms. The topological polar surface area (TPSA) is 65.8 Å². The van der Waals surface area contributed by atoms with Crippen molar-refractivity contribution in [3.63, 3.8) is 0 Å². The number of rotatable bonds is 3. The number of nitrogens with zero attached hydrogens (tertiary/aromatic N) is 2. The van der Waals surface area contributed by atoms with Crippen molar-refractivity contribution in [2.24, 2.45) is 5.92 Å². The summed E-state index contributed by atoms with van der Waals surface area (Å²) in [6, 6.07) is 3.13. The molecule has 0 fully saturated rings. The quantitative estimate of drug-likeness (QED) is 0.897. The maximum absolute atomic E-state index is 11.9. The SMILES string of the molecule is Cc1cc(Cl)c(C(=O)NC(C#N)C(C)C)cn1. The molecule has 0 aliphatic carbocycles. The zero-order valence-electron chi connectivity index (χ0n) is 9.99. The molecule has 1 heterocycles. The molecule has 0 bridgehead atoms. The molecule has 1 N–H and O–H groups in total. The molecule has 0 radical (unpaired) electrons. The van der Waals surface area contributed by atoms with Crippen LogP contribution in [0.25, 0.3) is 0 Å². The third-order valence-electron chi connectivity index (χ3n) is 2.33. The highest BCUT2D eigenvalue weighted by molar-refractivity contribution is 6.33. The summed E-state index contributed by atoms with van der Waals surface area (Å²) in [5.41, 5.74) is 1.03. The summed E-state index contributed by atoms with van der Waals surface area (Å²) >= 11 is 5.95. The van der Waals surface area contributed by atoms with E-state index in [0.717, 1.165) is 5.69 Å². The molecule has 1 rings (SSSR count).